The first-order valence-corrected chi connectivity index (χ1v) is 7.77. The molecule has 0 atom stereocenters. The predicted molar refractivity (Wildman–Crippen MR) is 87.3 cm³/mol. The predicted octanol–water partition coefficient (Wildman–Crippen LogP) is 1.61. The van der Waals surface area contributed by atoms with Crippen LogP contribution in [-0.4, -0.2) is 42.4 Å². The molecule has 2 amide bonds. The van der Waals surface area contributed by atoms with Gasteiger partial charge < -0.3 is 14.6 Å². The number of nitrogens with zero attached hydrogens (tertiary/aromatic N) is 4. The minimum absolute atomic E-state index is 0.0784. The number of rotatable bonds is 3. The summed E-state index contributed by atoms with van der Waals surface area (Å²) >= 11 is 0. The molecule has 1 N–H and O–H groups in total. The van der Waals surface area contributed by atoms with E-state index in [0.29, 0.717) is 34.6 Å². The van der Waals surface area contributed by atoms with Gasteiger partial charge in [-0.15, -0.1) is 0 Å². The topological polar surface area (TPSA) is 91.6 Å². The van der Waals surface area contributed by atoms with Crippen LogP contribution in [0.15, 0.2) is 23.1 Å². The maximum Gasteiger partial charge on any atom is 0.263 e. The molecule has 0 saturated heterocycles. The van der Waals surface area contributed by atoms with Gasteiger partial charge in [0, 0.05) is 20.0 Å². The minimum atomic E-state index is -0.273. The van der Waals surface area contributed by atoms with Crippen LogP contribution in [0.25, 0.3) is 0 Å². The highest BCUT2D eigenvalue weighted by Gasteiger charge is 2.36. The molecule has 8 nitrogen and oxygen atoms in total. The molecule has 1 aliphatic heterocycles. The van der Waals surface area contributed by atoms with Crippen molar-refractivity contribution >= 4 is 29.1 Å². The summed E-state index contributed by atoms with van der Waals surface area (Å²) in [5, 5.41) is 2.77. The number of fused-ring (bicyclic) bond motifs is 1. The molecule has 0 bridgehead atoms. The summed E-state index contributed by atoms with van der Waals surface area (Å²) in [4.78, 5) is 36.7. The molecule has 1 aliphatic carbocycles. The second kappa shape index (κ2) is 5.33. The van der Waals surface area contributed by atoms with Crippen LogP contribution in [0.5, 0.6) is 0 Å². The number of hydrogen-bond donors (Lipinski definition) is 1. The molecule has 4 rings (SSSR count). The lowest BCUT2D eigenvalue weighted by Gasteiger charge is -2.30. The van der Waals surface area contributed by atoms with Gasteiger partial charge in [-0.3, -0.25) is 14.5 Å². The number of hydrogen-bond acceptors (Lipinski definition) is 6. The summed E-state index contributed by atoms with van der Waals surface area (Å²) in [6.07, 6.45) is 4.97. The molecule has 1 saturated carbocycles. The third kappa shape index (κ3) is 2.31. The monoisotopic (exact) mass is 327 g/mol. The summed E-state index contributed by atoms with van der Waals surface area (Å²) in [6.45, 7) is -0.0784. The van der Waals surface area contributed by atoms with Crippen LogP contribution in [0.3, 0.4) is 0 Å². The summed E-state index contributed by atoms with van der Waals surface area (Å²) in [5.74, 6) is 1.42. The highest BCUT2D eigenvalue weighted by atomic mass is 16.3. The van der Waals surface area contributed by atoms with Crippen LogP contribution in [0, 0.1) is 0 Å². The average molecular weight is 327 g/mol. The Morgan fingerprint density at radius 3 is 2.88 bits per heavy atom. The zero-order valence-electron chi connectivity index (χ0n) is 13.4. The van der Waals surface area contributed by atoms with E-state index >= 15 is 0 Å². The number of amides is 2. The molecule has 0 spiro atoms. The van der Waals surface area contributed by atoms with Gasteiger partial charge in [0.2, 0.25) is 5.91 Å². The maximum atomic E-state index is 13.0. The van der Waals surface area contributed by atoms with Crippen molar-refractivity contribution in [3.8, 4) is 0 Å². The highest BCUT2D eigenvalue weighted by molar-refractivity contribution is 6.16. The third-order valence-corrected chi connectivity index (χ3v) is 4.17. The smallest absolute Gasteiger partial charge is 0.263 e. The lowest BCUT2D eigenvalue weighted by Crippen LogP contribution is -2.43. The molecule has 8 heteroatoms. The van der Waals surface area contributed by atoms with Crippen molar-refractivity contribution in [1.29, 1.82) is 0 Å². The standard InChI is InChI=1S/C16H17N5O3/c1-20(2)14-12-15(18-8-17-14)21(7-11(22)19-12)16(23)10-5-6-24-13(10)9-3-4-9/h5-6,8-9H,3-4,7H2,1-2H3,(H,19,22). The van der Waals surface area contributed by atoms with Crippen molar-refractivity contribution in [2.24, 2.45) is 0 Å². The third-order valence-electron chi connectivity index (χ3n) is 4.17. The quantitative estimate of drug-likeness (QED) is 0.921. The Morgan fingerprint density at radius 1 is 1.38 bits per heavy atom. The largest absolute Gasteiger partial charge is 0.468 e. The van der Waals surface area contributed by atoms with Crippen LogP contribution in [-0.2, 0) is 4.79 Å². The lowest BCUT2D eigenvalue weighted by molar-refractivity contribution is -0.115. The number of aromatic nitrogens is 2. The molecule has 0 aromatic carbocycles. The van der Waals surface area contributed by atoms with Crippen LogP contribution < -0.4 is 15.1 Å². The SMILES string of the molecule is CN(C)c1ncnc2c1NC(=O)CN2C(=O)c1ccoc1C1CC1. The molecule has 2 aromatic rings. The van der Waals surface area contributed by atoms with Crippen molar-refractivity contribution in [2.45, 2.75) is 18.8 Å². The van der Waals surface area contributed by atoms with E-state index in [1.165, 1.54) is 17.5 Å². The Morgan fingerprint density at radius 2 is 2.17 bits per heavy atom. The number of nitrogens with one attached hydrogen (secondary N) is 1. The van der Waals surface area contributed by atoms with Gasteiger partial charge in [0.05, 0.1) is 11.8 Å². The minimum Gasteiger partial charge on any atom is -0.468 e. The summed E-state index contributed by atoms with van der Waals surface area (Å²) in [5.41, 5.74) is 0.951. The van der Waals surface area contributed by atoms with E-state index < -0.39 is 0 Å². The van der Waals surface area contributed by atoms with Gasteiger partial charge in [-0.25, -0.2) is 9.97 Å². The van der Waals surface area contributed by atoms with Gasteiger partial charge in [-0.1, -0.05) is 0 Å². The van der Waals surface area contributed by atoms with Crippen molar-refractivity contribution < 1.29 is 14.0 Å². The van der Waals surface area contributed by atoms with E-state index in [9.17, 15) is 9.59 Å². The molecule has 2 aromatic heterocycles. The molecule has 0 radical (unpaired) electrons. The van der Waals surface area contributed by atoms with Crippen molar-refractivity contribution in [2.75, 3.05) is 35.8 Å². The first-order valence-electron chi connectivity index (χ1n) is 7.77. The van der Waals surface area contributed by atoms with E-state index in [-0.39, 0.29) is 18.4 Å². The Bertz CT molecular complexity index is 825. The molecule has 2 aliphatic rings. The van der Waals surface area contributed by atoms with Gasteiger partial charge >= 0.3 is 0 Å². The number of carbonyl (C=O) groups is 2. The van der Waals surface area contributed by atoms with Crippen LogP contribution in [0.1, 0.15) is 34.9 Å². The second-order valence-electron chi connectivity index (χ2n) is 6.20. The Hall–Kier alpha value is -2.90. The Balaban J connectivity index is 1.77. The van der Waals surface area contributed by atoms with Crippen molar-refractivity contribution in [1.82, 2.24) is 9.97 Å². The first-order chi connectivity index (χ1) is 11.6. The fourth-order valence-corrected chi connectivity index (χ4v) is 2.89. The van der Waals surface area contributed by atoms with Gasteiger partial charge in [0.15, 0.2) is 11.6 Å². The molecule has 124 valence electrons. The van der Waals surface area contributed by atoms with Crippen molar-refractivity contribution in [3.63, 3.8) is 0 Å². The van der Waals surface area contributed by atoms with Gasteiger partial charge in [0.25, 0.3) is 5.91 Å². The fraction of sp³-hybridized carbons (Fsp3) is 0.375. The zero-order chi connectivity index (χ0) is 16.8. The highest BCUT2D eigenvalue weighted by Crippen LogP contribution is 2.43. The van der Waals surface area contributed by atoms with E-state index in [1.54, 1.807) is 11.0 Å². The molecule has 3 heterocycles. The van der Waals surface area contributed by atoms with Crippen LogP contribution in [0.2, 0.25) is 0 Å². The molecule has 1 fully saturated rings. The van der Waals surface area contributed by atoms with E-state index in [2.05, 4.69) is 15.3 Å². The first kappa shape index (κ1) is 14.7. The van der Waals surface area contributed by atoms with Crippen molar-refractivity contribution in [3.05, 3.63) is 30.0 Å². The fourth-order valence-electron chi connectivity index (χ4n) is 2.89. The lowest BCUT2D eigenvalue weighted by atomic mass is 10.1. The van der Waals surface area contributed by atoms with Gasteiger partial charge in [0.1, 0.15) is 24.3 Å². The molecular formula is C16H17N5O3. The van der Waals surface area contributed by atoms with Gasteiger partial charge in [-0.05, 0) is 18.9 Å². The van der Waals surface area contributed by atoms with E-state index in [1.807, 2.05) is 14.1 Å². The molecular weight excluding hydrogens is 310 g/mol. The number of furan rings is 1. The zero-order valence-corrected chi connectivity index (χ0v) is 13.4. The van der Waals surface area contributed by atoms with Crippen LogP contribution >= 0.6 is 0 Å². The summed E-state index contributed by atoms with van der Waals surface area (Å²) in [6, 6.07) is 1.66. The van der Waals surface area contributed by atoms with E-state index in [4.69, 9.17) is 4.42 Å². The van der Waals surface area contributed by atoms with Gasteiger partial charge in [-0.2, -0.15) is 0 Å². The number of anilines is 3. The maximum absolute atomic E-state index is 13.0. The second-order valence-corrected chi connectivity index (χ2v) is 6.20. The summed E-state index contributed by atoms with van der Waals surface area (Å²) < 4.78 is 5.49. The molecule has 24 heavy (non-hydrogen) atoms. The molecule has 0 unspecified atom stereocenters. The Labute approximate surface area is 138 Å². The summed E-state index contributed by atoms with van der Waals surface area (Å²) in [7, 11) is 3.63. The number of carbonyl (C=O) groups excluding carboxylic acids is 2. The Kier molecular flexibility index (Phi) is 3.26. The average Bonchev–Trinajstić information content (AvgIpc) is 3.29. The van der Waals surface area contributed by atoms with E-state index in [0.717, 1.165) is 12.8 Å². The normalized spacial score (nSPS) is 16.6. The van der Waals surface area contributed by atoms with Crippen LogP contribution in [0.4, 0.5) is 17.3 Å².